The van der Waals surface area contributed by atoms with Crippen molar-refractivity contribution >= 4 is 29.8 Å². The van der Waals surface area contributed by atoms with Crippen LogP contribution >= 0.6 is 0 Å². The molecule has 138 valence electrons. The number of rotatable bonds is 6. The van der Waals surface area contributed by atoms with Gasteiger partial charge >= 0.3 is 18.0 Å². The minimum atomic E-state index is -0.982. The predicted molar refractivity (Wildman–Crippen MR) is 84.1 cm³/mol. The van der Waals surface area contributed by atoms with E-state index in [2.05, 4.69) is 10.6 Å². The summed E-state index contributed by atoms with van der Waals surface area (Å²) in [6.45, 7) is 3.80. The fourth-order valence-corrected chi connectivity index (χ4v) is 2.58. The highest BCUT2D eigenvalue weighted by Crippen LogP contribution is 2.42. The van der Waals surface area contributed by atoms with E-state index in [0.717, 1.165) is 17.7 Å². The van der Waals surface area contributed by atoms with Crippen LogP contribution in [0.15, 0.2) is 0 Å². The first-order chi connectivity index (χ1) is 11.6. The molecule has 0 bridgehead atoms. The smallest absolute Gasteiger partial charge is 0.326 e. The summed E-state index contributed by atoms with van der Waals surface area (Å²) in [4.78, 5) is 59.6. The van der Waals surface area contributed by atoms with Gasteiger partial charge in [-0.05, 0) is 39.5 Å². The molecule has 6 amide bonds. The zero-order chi connectivity index (χ0) is 18.8. The third-order valence-electron chi connectivity index (χ3n) is 4.02. The van der Waals surface area contributed by atoms with E-state index >= 15 is 0 Å². The third kappa shape index (κ3) is 4.46. The highest BCUT2D eigenvalue weighted by atomic mass is 16.5. The second kappa shape index (κ2) is 7.08. The molecule has 1 aliphatic heterocycles. The van der Waals surface area contributed by atoms with Gasteiger partial charge in [0.2, 0.25) is 0 Å². The van der Waals surface area contributed by atoms with E-state index in [0.29, 0.717) is 0 Å². The van der Waals surface area contributed by atoms with Crippen molar-refractivity contribution in [1.29, 1.82) is 0 Å². The Hall–Kier alpha value is -2.65. The van der Waals surface area contributed by atoms with E-state index in [4.69, 9.17) is 4.74 Å². The maximum absolute atomic E-state index is 12.3. The van der Waals surface area contributed by atoms with Crippen LogP contribution in [-0.2, 0) is 19.1 Å². The third-order valence-corrected chi connectivity index (χ3v) is 4.02. The number of hydrogen-bond acceptors (Lipinski definition) is 6. The van der Waals surface area contributed by atoms with Gasteiger partial charge in [-0.2, -0.15) is 0 Å². The van der Waals surface area contributed by atoms with Crippen molar-refractivity contribution in [3.63, 3.8) is 0 Å². The highest BCUT2D eigenvalue weighted by Gasteiger charge is 2.56. The number of nitrogens with one attached hydrogen (secondary N) is 3. The summed E-state index contributed by atoms with van der Waals surface area (Å²) < 4.78 is 4.71. The number of nitrogens with zero attached hydrogens (tertiary/aromatic N) is 1. The Kier molecular flexibility index (Phi) is 5.29. The van der Waals surface area contributed by atoms with Crippen molar-refractivity contribution in [2.45, 2.75) is 45.2 Å². The summed E-state index contributed by atoms with van der Waals surface area (Å²) in [6, 6.07) is -1.52. The zero-order valence-corrected chi connectivity index (χ0v) is 14.4. The molecule has 2 fully saturated rings. The molecule has 10 heteroatoms. The second-order valence-electron chi connectivity index (χ2n) is 6.64. The number of hydrogen-bond donors (Lipinski definition) is 3. The van der Waals surface area contributed by atoms with Crippen molar-refractivity contribution in [2.24, 2.45) is 5.92 Å². The van der Waals surface area contributed by atoms with Crippen molar-refractivity contribution in [3.8, 4) is 0 Å². The lowest BCUT2D eigenvalue weighted by Crippen LogP contribution is -2.46. The fourth-order valence-electron chi connectivity index (χ4n) is 2.58. The van der Waals surface area contributed by atoms with Crippen LogP contribution in [0, 0.1) is 5.92 Å². The monoisotopic (exact) mass is 354 g/mol. The standard InChI is InChI=1S/C15H22N4O6/c1-8(2)16-13(23)17-10(20)7-25-11(21)6-19-12(22)15(3,9-4-5-9)18-14(19)24/h8-9H,4-7H2,1-3H3,(H,18,24)(H2,16,17,20,23)/t15-/m0/s1. The molecule has 25 heavy (non-hydrogen) atoms. The summed E-state index contributed by atoms with van der Waals surface area (Å²) >= 11 is 0. The Balaban J connectivity index is 1.78. The number of carbonyl (C=O) groups excluding carboxylic acids is 5. The molecule has 1 aliphatic carbocycles. The molecule has 1 saturated heterocycles. The summed E-state index contributed by atoms with van der Waals surface area (Å²) in [6.07, 6.45) is 1.69. The van der Waals surface area contributed by atoms with E-state index in [1.54, 1.807) is 20.8 Å². The maximum atomic E-state index is 12.3. The number of esters is 1. The van der Waals surface area contributed by atoms with Gasteiger partial charge in [0.1, 0.15) is 12.1 Å². The van der Waals surface area contributed by atoms with E-state index in [9.17, 15) is 24.0 Å². The lowest BCUT2D eigenvalue weighted by atomic mass is 9.96. The van der Waals surface area contributed by atoms with Gasteiger partial charge < -0.3 is 15.4 Å². The first-order valence-corrected chi connectivity index (χ1v) is 8.03. The molecule has 0 aromatic carbocycles. The highest BCUT2D eigenvalue weighted by molar-refractivity contribution is 6.09. The van der Waals surface area contributed by atoms with Gasteiger partial charge in [0.25, 0.3) is 11.8 Å². The van der Waals surface area contributed by atoms with Crippen molar-refractivity contribution in [1.82, 2.24) is 20.9 Å². The number of carbonyl (C=O) groups is 5. The topological polar surface area (TPSA) is 134 Å². The molecular weight excluding hydrogens is 332 g/mol. The van der Waals surface area contributed by atoms with Crippen LogP contribution in [0.5, 0.6) is 0 Å². The lowest BCUT2D eigenvalue weighted by molar-refractivity contribution is -0.150. The second-order valence-corrected chi connectivity index (χ2v) is 6.64. The van der Waals surface area contributed by atoms with E-state index in [1.165, 1.54) is 0 Å². The quantitative estimate of drug-likeness (QED) is 0.434. The molecule has 10 nitrogen and oxygen atoms in total. The number of imide groups is 2. The Morgan fingerprint density at radius 2 is 1.96 bits per heavy atom. The first-order valence-electron chi connectivity index (χ1n) is 8.03. The van der Waals surface area contributed by atoms with Crippen LogP contribution < -0.4 is 16.0 Å². The fraction of sp³-hybridized carbons (Fsp3) is 0.667. The van der Waals surface area contributed by atoms with Gasteiger partial charge in [0.05, 0.1) is 0 Å². The van der Waals surface area contributed by atoms with E-state index in [-0.39, 0.29) is 12.0 Å². The van der Waals surface area contributed by atoms with Crippen LogP contribution in [0.25, 0.3) is 0 Å². The Morgan fingerprint density at radius 1 is 1.32 bits per heavy atom. The molecule has 0 spiro atoms. The van der Waals surface area contributed by atoms with Gasteiger partial charge in [-0.15, -0.1) is 0 Å². The Bertz CT molecular complexity index is 615. The zero-order valence-electron chi connectivity index (χ0n) is 14.4. The molecule has 1 heterocycles. The molecule has 1 saturated carbocycles. The minimum absolute atomic E-state index is 0.0789. The first kappa shape index (κ1) is 18.7. The molecule has 1 atom stereocenters. The van der Waals surface area contributed by atoms with Crippen LogP contribution in [0.3, 0.4) is 0 Å². The average molecular weight is 354 g/mol. The number of ether oxygens (including phenoxy) is 1. The van der Waals surface area contributed by atoms with Crippen LogP contribution in [0.1, 0.15) is 33.6 Å². The molecular formula is C15H22N4O6. The SMILES string of the molecule is CC(C)NC(=O)NC(=O)COC(=O)CN1C(=O)N[C@@](C)(C2CC2)C1=O. The van der Waals surface area contributed by atoms with E-state index in [1.807, 2.05) is 5.32 Å². The molecule has 0 aromatic rings. The maximum Gasteiger partial charge on any atom is 0.326 e. The Labute approximate surface area is 144 Å². The average Bonchev–Trinajstić information content (AvgIpc) is 3.30. The molecule has 0 radical (unpaired) electrons. The molecule has 0 unspecified atom stereocenters. The van der Waals surface area contributed by atoms with Gasteiger partial charge in [-0.3, -0.25) is 24.6 Å². The lowest BCUT2D eigenvalue weighted by Gasteiger charge is -2.20. The normalized spacial score (nSPS) is 22.6. The van der Waals surface area contributed by atoms with Crippen LogP contribution in [-0.4, -0.2) is 59.5 Å². The predicted octanol–water partition coefficient (Wildman–Crippen LogP) is -0.516. The molecule has 3 N–H and O–H groups in total. The summed E-state index contributed by atoms with van der Waals surface area (Å²) in [5, 5.41) is 7.03. The largest absolute Gasteiger partial charge is 0.454 e. The van der Waals surface area contributed by atoms with Crippen molar-refractivity contribution < 1.29 is 28.7 Å². The summed E-state index contributed by atoms with van der Waals surface area (Å²) in [7, 11) is 0. The van der Waals surface area contributed by atoms with Crippen LogP contribution in [0.2, 0.25) is 0 Å². The van der Waals surface area contributed by atoms with Gasteiger partial charge in [-0.25, -0.2) is 9.59 Å². The van der Waals surface area contributed by atoms with Gasteiger partial charge in [0, 0.05) is 6.04 Å². The molecule has 2 aliphatic rings. The summed E-state index contributed by atoms with van der Waals surface area (Å²) in [5.41, 5.74) is -0.982. The molecule has 0 aromatic heterocycles. The van der Waals surface area contributed by atoms with E-state index < -0.39 is 48.5 Å². The van der Waals surface area contributed by atoms with Crippen molar-refractivity contribution in [3.05, 3.63) is 0 Å². The number of amides is 6. The van der Waals surface area contributed by atoms with Gasteiger partial charge in [-0.1, -0.05) is 0 Å². The summed E-state index contributed by atoms with van der Waals surface area (Å²) in [5.74, 6) is -2.12. The minimum Gasteiger partial charge on any atom is -0.454 e. The van der Waals surface area contributed by atoms with Gasteiger partial charge in [0.15, 0.2) is 6.61 Å². The molecule has 2 rings (SSSR count). The number of urea groups is 2. The van der Waals surface area contributed by atoms with Crippen LogP contribution in [0.4, 0.5) is 9.59 Å². The van der Waals surface area contributed by atoms with Crippen molar-refractivity contribution in [2.75, 3.05) is 13.2 Å². The Morgan fingerprint density at radius 3 is 2.52 bits per heavy atom.